The van der Waals surface area contributed by atoms with Gasteiger partial charge in [-0.25, -0.2) is 9.97 Å². The molecule has 1 saturated carbocycles. The maximum Gasteiger partial charge on any atom is 0.222 e. The monoisotopic (exact) mass is 365 g/mol. The molecule has 0 atom stereocenters. The third-order valence-corrected chi connectivity index (χ3v) is 5.77. The van der Waals surface area contributed by atoms with Crippen molar-refractivity contribution in [2.75, 3.05) is 34.8 Å². The molecule has 0 unspecified atom stereocenters. The van der Waals surface area contributed by atoms with Gasteiger partial charge in [-0.1, -0.05) is 0 Å². The highest BCUT2D eigenvalue weighted by molar-refractivity contribution is 5.89. The predicted molar refractivity (Wildman–Crippen MR) is 104 cm³/mol. The summed E-state index contributed by atoms with van der Waals surface area (Å²) in [7, 11) is 0. The van der Waals surface area contributed by atoms with E-state index in [1.165, 1.54) is 12.5 Å². The lowest BCUT2D eigenvalue weighted by atomic mass is 10.0. The van der Waals surface area contributed by atoms with E-state index in [2.05, 4.69) is 39.2 Å². The SMILES string of the molecule is CC(=O)Nc1cc2c(cn1)C1(CC1)CN2c1cc(C)cc(N2CC(O)C2)n1. The number of β-amino-alcohol motifs (C(OH)–C–C–N with tert-alkyl or cyclic N) is 1. The number of fused-ring (bicyclic) bond motifs is 2. The highest BCUT2D eigenvalue weighted by Gasteiger charge is 2.52. The molecule has 0 bridgehead atoms. The number of amides is 1. The van der Waals surface area contributed by atoms with E-state index < -0.39 is 0 Å². The summed E-state index contributed by atoms with van der Waals surface area (Å²) in [6.07, 6.45) is 3.98. The average molecular weight is 365 g/mol. The first kappa shape index (κ1) is 16.5. The van der Waals surface area contributed by atoms with E-state index in [9.17, 15) is 9.90 Å². The summed E-state index contributed by atoms with van der Waals surface area (Å²) >= 11 is 0. The summed E-state index contributed by atoms with van der Waals surface area (Å²) in [6.45, 7) is 5.72. The number of carbonyl (C=O) groups is 1. The van der Waals surface area contributed by atoms with Crippen LogP contribution in [0.2, 0.25) is 0 Å². The molecule has 0 radical (unpaired) electrons. The summed E-state index contributed by atoms with van der Waals surface area (Å²) in [5, 5.41) is 12.4. The van der Waals surface area contributed by atoms with E-state index in [0.717, 1.165) is 42.3 Å². The van der Waals surface area contributed by atoms with Gasteiger partial charge in [0.15, 0.2) is 0 Å². The van der Waals surface area contributed by atoms with Gasteiger partial charge in [0.1, 0.15) is 17.5 Å². The Kier molecular flexibility index (Phi) is 3.46. The molecule has 7 nitrogen and oxygen atoms in total. The van der Waals surface area contributed by atoms with Crippen molar-refractivity contribution < 1.29 is 9.90 Å². The maximum atomic E-state index is 11.4. The number of hydrogen-bond acceptors (Lipinski definition) is 6. The molecular formula is C20H23N5O2. The Morgan fingerprint density at radius 2 is 2.00 bits per heavy atom. The van der Waals surface area contributed by atoms with Gasteiger partial charge in [-0.2, -0.15) is 0 Å². The quantitative estimate of drug-likeness (QED) is 0.867. The Bertz CT molecular complexity index is 934. The van der Waals surface area contributed by atoms with Crippen LogP contribution in [0.4, 0.5) is 23.1 Å². The van der Waals surface area contributed by atoms with Crippen LogP contribution >= 0.6 is 0 Å². The van der Waals surface area contributed by atoms with Crippen LogP contribution in [0.5, 0.6) is 0 Å². The van der Waals surface area contributed by atoms with Gasteiger partial charge >= 0.3 is 0 Å². The van der Waals surface area contributed by atoms with Crippen LogP contribution in [0.25, 0.3) is 0 Å². The summed E-state index contributed by atoms with van der Waals surface area (Å²) in [5.74, 6) is 2.27. The zero-order valence-corrected chi connectivity index (χ0v) is 15.6. The fourth-order valence-corrected chi connectivity index (χ4v) is 4.15. The molecule has 2 aromatic rings. The molecule has 2 fully saturated rings. The van der Waals surface area contributed by atoms with Crippen LogP contribution in [0.1, 0.15) is 30.9 Å². The van der Waals surface area contributed by atoms with Crippen molar-refractivity contribution >= 4 is 29.0 Å². The van der Waals surface area contributed by atoms with Gasteiger partial charge in [-0.15, -0.1) is 0 Å². The average Bonchev–Trinajstić information content (AvgIpc) is 3.28. The number of anilines is 4. The summed E-state index contributed by atoms with van der Waals surface area (Å²) in [6, 6.07) is 6.12. The number of carbonyl (C=O) groups excluding carboxylic acids is 1. The number of aryl methyl sites for hydroxylation is 1. The van der Waals surface area contributed by atoms with E-state index in [4.69, 9.17) is 4.98 Å². The number of nitrogens with one attached hydrogen (secondary N) is 1. The Labute approximate surface area is 158 Å². The topological polar surface area (TPSA) is 81.6 Å². The lowest BCUT2D eigenvalue weighted by molar-refractivity contribution is -0.114. The van der Waals surface area contributed by atoms with Crippen LogP contribution in [-0.2, 0) is 10.2 Å². The molecule has 4 heterocycles. The molecule has 140 valence electrons. The maximum absolute atomic E-state index is 11.4. The van der Waals surface area contributed by atoms with Crippen molar-refractivity contribution in [2.45, 2.75) is 38.2 Å². The zero-order valence-electron chi connectivity index (χ0n) is 15.6. The van der Waals surface area contributed by atoms with Crippen LogP contribution < -0.4 is 15.1 Å². The summed E-state index contributed by atoms with van der Waals surface area (Å²) < 4.78 is 0. The van der Waals surface area contributed by atoms with Crippen LogP contribution in [-0.4, -0.2) is 46.7 Å². The molecular weight excluding hydrogens is 342 g/mol. The lowest BCUT2D eigenvalue weighted by Gasteiger charge is -2.37. The van der Waals surface area contributed by atoms with Gasteiger partial charge in [0.05, 0.1) is 11.8 Å². The van der Waals surface area contributed by atoms with Crippen molar-refractivity contribution in [3.8, 4) is 0 Å². The number of rotatable bonds is 3. The van der Waals surface area contributed by atoms with Gasteiger partial charge in [-0.3, -0.25) is 4.79 Å². The molecule has 2 N–H and O–H groups in total. The van der Waals surface area contributed by atoms with Gasteiger partial charge in [0, 0.05) is 49.8 Å². The van der Waals surface area contributed by atoms with Gasteiger partial charge in [-0.05, 0) is 37.5 Å². The fourth-order valence-electron chi connectivity index (χ4n) is 4.15. The van der Waals surface area contributed by atoms with Crippen molar-refractivity contribution in [3.63, 3.8) is 0 Å². The van der Waals surface area contributed by atoms with E-state index in [1.807, 2.05) is 12.3 Å². The van der Waals surface area contributed by atoms with E-state index in [-0.39, 0.29) is 17.4 Å². The highest BCUT2D eigenvalue weighted by Crippen LogP contribution is 2.58. The molecule has 7 heteroatoms. The number of aromatic nitrogens is 2. The Balaban J connectivity index is 1.54. The van der Waals surface area contributed by atoms with Crippen LogP contribution in [0, 0.1) is 6.92 Å². The highest BCUT2D eigenvalue weighted by atomic mass is 16.3. The van der Waals surface area contributed by atoms with Crippen LogP contribution in [0.15, 0.2) is 24.4 Å². The summed E-state index contributed by atoms with van der Waals surface area (Å²) in [5.41, 5.74) is 3.65. The number of aliphatic hydroxyl groups excluding tert-OH is 1. The van der Waals surface area contributed by atoms with E-state index >= 15 is 0 Å². The first-order chi connectivity index (χ1) is 12.9. The minimum atomic E-state index is -0.260. The molecule has 1 saturated heterocycles. The number of aliphatic hydroxyl groups is 1. The molecule has 27 heavy (non-hydrogen) atoms. The van der Waals surface area contributed by atoms with Crippen molar-refractivity contribution in [1.82, 2.24) is 9.97 Å². The van der Waals surface area contributed by atoms with Crippen molar-refractivity contribution in [1.29, 1.82) is 0 Å². The molecule has 0 aromatic carbocycles. The van der Waals surface area contributed by atoms with Gasteiger partial charge in [0.25, 0.3) is 0 Å². The number of hydrogen-bond donors (Lipinski definition) is 2. The third kappa shape index (κ3) is 2.73. The predicted octanol–water partition coefficient (Wildman–Crippen LogP) is 2.11. The van der Waals surface area contributed by atoms with Crippen LogP contribution in [0.3, 0.4) is 0 Å². The fraction of sp³-hybridized carbons (Fsp3) is 0.450. The number of pyridine rings is 2. The largest absolute Gasteiger partial charge is 0.389 e. The second kappa shape index (κ2) is 5.66. The standard InChI is InChI=1S/C20H23N5O2/c1-12-5-18(24-9-14(27)10-24)23-19(6-12)25-11-20(3-4-20)15-8-21-17(7-16(15)25)22-13(2)26/h5-8,14,27H,3-4,9-11H2,1-2H3,(H,21,22,26). The Morgan fingerprint density at radius 3 is 2.67 bits per heavy atom. The third-order valence-electron chi connectivity index (χ3n) is 5.77. The normalized spacial score (nSPS) is 19.8. The minimum absolute atomic E-state index is 0.125. The van der Waals surface area contributed by atoms with E-state index in [1.54, 1.807) is 0 Å². The molecule has 1 spiro atoms. The molecule has 1 aliphatic carbocycles. The summed E-state index contributed by atoms with van der Waals surface area (Å²) in [4.78, 5) is 25.1. The first-order valence-electron chi connectivity index (χ1n) is 9.41. The lowest BCUT2D eigenvalue weighted by Crippen LogP contribution is -2.51. The van der Waals surface area contributed by atoms with E-state index in [0.29, 0.717) is 18.9 Å². The minimum Gasteiger partial charge on any atom is -0.389 e. The molecule has 2 aromatic heterocycles. The second-order valence-electron chi connectivity index (χ2n) is 8.05. The molecule has 5 rings (SSSR count). The van der Waals surface area contributed by atoms with Crippen molar-refractivity contribution in [3.05, 3.63) is 35.5 Å². The molecule has 2 aliphatic heterocycles. The molecule has 3 aliphatic rings. The van der Waals surface area contributed by atoms with Gasteiger partial charge < -0.3 is 20.2 Å². The first-order valence-corrected chi connectivity index (χ1v) is 9.41. The molecule has 1 amide bonds. The smallest absolute Gasteiger partial charge is 0.222 e. The zero-order chi connectivity index (χ0) is 18.8. The second-order valence-corrected chi connectivity index (χ2v) is 8.05. The Hall–Kier alpha value is -2.67. The van der Waals surface area contributed by atoms with Gasteiger partial charge in [0.2, 0.25) is 5.91 Å². The Morgan fingerprint density at radius 1 is 1.26 bits per heavy atom. The van der Waals surface area contributed by atoms with Crippen molar-refractivity contribution in [2.24, 2.45) is 0 Å². The number of nitrogens with zero attached hydrogens (tertiary/aromatic N) is 4.